The Bertz CT molecular complexity index is 1420. The number of rotatable bonds is 5. The Morgan fingerprint density at radius 1 is 1.12 bits per heavy atom. The van der Waals surface area contributed by atoms with Gasteiger partial charge in [-0.05, 0) is 31.5 Å². The van der Waals surface area contributed by atoms with Gasteiger partial charge in [0.1, 0.15) is 30.2 Å². The van der Waals surface area contributed by atoms with Crippen LogP contribution in [-0.2, 0) is 12.0 Å². The maximum atomic E-state index is 13.2. The predicted molar refractivity (Wildman–Crippen MR) is 130 cm³/mol. The van der Waals surface area contributed by atoms with Gasteiger partial charge >= 0.3 is 0 Å². The Morgan fingerprint density at radius 3 is 2.56 bits per heavy atom. The van der Waals surface area contributed by atoms with Crippen LogP contribution in [0.3, 0.4) is 0 Å². The lowest BCUT2D eigenvalue weighted by atomic mass is 9.95. The summed E-state index contributed by atoms with van der Waals surface area (Å²) in [4.78, 5) is 31.1. The average Bonchev–Trinajstić information content (AvgIpc) is 3.20. The number of ether oxygens (including phenoxy) is 1. The largest absolute Gasteiger partial charge is 0.470 e. The molecule has 0 amide bonds. The third kappa shape index (κ3) is 4.72. The maximum Gasteiger partial charge on any atom is 0.280 e. The maximum absolute atomic E-state index is 13.2. The number of aromatic nitrogens is 5. The average molecular weight is 480 g/mol. The molecule has 0 saturated heterocycles. The highest BCUT2D eigenvalue weighted by molar-refractivity contribution is 6.31. The second-order valence-electron chi connectivity index (χ2n) is 9.09. The minimum absolute atomic E-state index is 0.0543. The minimum Gasteiger partial charge on any atom is -0.470 e. The Kier molecular flexibility index (Phi) is 6.27. The molecule has 0 aliphatic heterocycles. The van der Waals surface area contributed by atoms with Gasteiger partial charge < -0.3 is 9.15 Å². The van der Waals surface area contributed by atoms with Crippen LogP contribution in [-0.4, -0.2) is 24.5 Å². The molecular weight excluding hydrogens is 454 g/mol. The van der Waals surface area contributed by atoms with Crippen molar-refractivity contribution in [1.82, 2.24) is 24.5 Å². The van der Waals surface area contributed by atoms with Gasteiger partial charge in [-0.2, -0.15) is 4.98 Å². The molecular formula is C25H26ClN5O3. The van der Waals surface area contributed by atoms with E-state index in [0.29, 0.717) is 23.1 Å². The standard InChI is InChI=1S/C25H26ClN5O3/c1-14-11-27-24(25(4,5)6)30-21(14)17-8-7-9-19(10-17)31-15(2)28-22(20(26)23(31)32)34-13-18-12-33-16(3)29-18/h7-12H,13H2,1-6H3. The normalized spacial score (nSPS) is 11.6. The fraction of sp³-hybridized carbons (Fsp3) is 0.320. The molecule has 3 aromatic heterocycles. The summed E-state index contributed by atoms with van der Waals surface area (Å²) in [5.41, 5.74) is 3.22. The molecule has 34 heavy (non-hydrogen) atoms. The molecule has 3 heterocycles. The van der Waals surface area contributed by atoms with E-state index in [4.69, 9.17) is 25.7 Å². The van der Waals surface area contributed by atoms with Crippen molar-refractivity contribution in [3.63, 3.8) is 0 Å². The first-order valence-electron chi connectivity index (χ1n) is 10.8. The topological polar surface area (TPSA) is 95.9 Å². The van der Waals surface area contributed by atoms with Crippen LogP contribution in [0.4, 0.5) is 0 Å². The van der Waals surface area contributed by atoms with Gasteiger partial charge in [0.15, 0.2) is 10.9 Å². The first kappa shape index (κ1) is 23.6. The number of oxazole rings is 1. The van der Waals surface area contributed by atoms with Crippen molar-refractivity contribution in [1.29, 1.82) is 0 Å². The van der Waals surface area contributed by atoms with E-state index in [9.17, 15) is 4.79 Å². The number of aryl methyl sites for hydroxylation is 3. The minimum atomic E-state index is -0.424. The first-order chi connectivity index (χ1) is 16.0. The Labute approximate surface area is 202 Å². The van der Waals surface area contributed by atoms with E-state index in [1.807, 2.05) is 37.4 Å². The van der Waals surface area contributed by atoms with Gasteiger partial charge in [0.25, 0.3) is 5.56 Å². The molecule has 0 radical (unpaired) electrons. The monoisotopic (exact) mass is 479 g/mol. The summed E-state index contributed by atoms with van der Waals surface area (Å²) in [6.07, 6.45) is 3.32. The molecule has 0 bridgehead atoms. The van der Waals surface area contributed by atoms with E-state index in [2.05, 4.69) is 35.7 Å². The van der Waals surface area contributed by atoms with Crippen molar-refractivity contribution in [3.8, 4) is 22.8 Å². The fourth-order valence-electron chi connectivity index (χ4n) is 3.49. The van der Waals surface area contributed by atoms with Gasteiger partial charge in [0, 0.05) is 24.1 Å². The number of hydrogen-bond acceptors (Lipinski definition) is 7. The highest BCUT2D eigenvalue weighted by atomic mass is 35.5. The van der Waals surface area contributed by atoms with Crippen molar-refractivity contribution in [2.24, 2.45) is 0 Å². The zero-order chi connectivity index (χ0) is 24.6. The second kappa shape index (κ2) is 9.02. The summed E-state index contributed by atoms with van der Waals surface area (Å²) in [6.45, 7) is 11.7. The molecule has 0 fully saturated rings. The lowest BCUT2D eigenvalue weighted by Gasteiger charge is -2.18. The molecule has 1 aromatic carbocycles. The number of benzene rings is 1. The van der Waals surface area contributed by atoms with Crippen LogP contribution in [0.15, 0.2) is 45.9 Å². The summed E-state index contributed by atoms with van der Waals surface area (Å²) in [5, 5.41) is -0.107. The van der Waals surface area contributed by atoms with Gasteiger partial charge in [-0.15, -0.1) is 0 Å². The fourth-order valence-corrected chi connectivity index (χ4v) is 3.67. The zero-order valence-corrected chi connectivity index (χ0v) is 20.8. The number of nitrogens with zero attached hydrogens (tertiary/aromatic N) is 5. The van der Waals surface area contributed by atoms with E-state index < -0.39 is 5.56 Å². The van der Waals surface area contributed by atoms with Crippen LogP contribution in [0.2, 0.25) is 5.02 Å². The molecule has 8 nitrogen and oxygen atoms in total. The molecule has 0 N–H and O–H groups in total. The molecule has 0 aliphatic carbocycles. The van der Waals surface area contributed by atoms with E-state index in [0.717, 1.165) is 22.6 Å². The van der Waals surface area contributed by atoms with Crippen molar-refractivity contribution >= 4 is 11.6 Å². The molecule has 0 atom stereocenters. The Hall–Kier alpha value is -3.52. The van der Waals surface area contributed by atoms with E-state index >= 15 is 0 Å². The SMILES string of the molecule is Cc1nc(COc2nc(C)n(-c3cccc(-c4nc(C(C)(C)C)ncc4C)c3)c(=O)c2Cl)co1. The van der Waals surface area contributed by atoms with Gasteiger partial charge in [0.2, 0.25) is 5.88 Å². The Balaban J connectivity index is 1.72. The Morgan fingerprint density at radius 2 is 1.88 bits per heavy atom. The third-order valence-electron chi connectivity index (χ3n) is 5.21. The van der Waals surface area contributed by atoms with Crippen molar-refractivity contribution < 1.29 is 9.15 Å². The highest BCUT2D eigenvalue weighted by Crippen LogP contribution is 2.27. The smallest absolute Gasteiger partial charge is 0.280 e. The molecule has 0 spiro atoms. The van der Waals surface area contributed by atoms with Crippen molar-refractivity contribution in [2.45, 2.75) is 53.6 Å². The van der Waals surface area contributed by atoms with Crippen LogP contribution < -0.4 is 10.3 Å². The zero-order valence-electron chi connectivity index (χ0n) is 20.0. The summed E-state index contributed by atoms with van der Waals surface area (Å²) in [5.74, 6) is 1.77. The predicted octanol–water partition coefficient (Wildman–Crippen LogP) is 5.13. The lowest BCUT2D eigenvalue weighted by molar-refractivity contribution is 0.287. The number of hydrogen-bond donors (Lipinski definition) is 0. The summed E-state index contributed by atoms with van der Waals surface area (Å²) < 4.78 is 12.3. The molecule has 176 valence electrons. The molecule has 0 unspecified atom stereocenters. The first-order valence-corrected chi connectivity index (χ1v) is 11.2. The van der Waals surface area contributed by atoms with Crippen LogP contribution in [0.5, 0.6) is 5.88 Å². The van der Waals surface area contributed by atoms with Crippen LogP contribution in [0.1, 0.15) is 49.6 Å². The van der Waals surface area contributed by atoms with E-state index in [1.54, 1.807) is 13.8 Å². The molecule has 0 aliphatic rings. The quantitative estimate of drug-likeness (QED) is 0.391. The van der Waals surface area contributed by atoms with Crippen LogP contribution >= 0.6 is 11.6 Å². The third-order valence-corrected chi connectivity index (χ3v) is 5.53. The second-order valence-corrected chi connectivity index (χ2v) is 9.47. The molecule has 0 saturated carbocycles. The molecule has 4 aromatic rings. The van der Waals surface area contributed by atoms with Gasteiger partial charge in [-0.3, -0.25) is 9.36 Å². The lowest BCUT2D eigenvalue weighted by Crippen LogP contribution is -2.23. The summed E-state index contributed by atoms with van der Waals surface area (Å²) in [6, 6.07) is 7.56. The summed E-state index contributed by atoms with van der Waals surface area (Å²) in [7, 11) is 0. The highest BCUT2D eigenvalue weighted by Gasteiger charge is 2.20. The molecule has 9 heteroatoms. The van der Waals surface area contributed by atoms with Gasteiger partial charge in [0.05, 0.1) is 11.4 Å². The molecule has 4 rings (SSSR count). The summed E-state index contributed by atoms with van der Waals surface area (Å²) >= 11 is 6.36. The van der Waals surface area contributed by atoms with E-state index in [1.165, 1.54) is 10.8 Å². The van der Waals surface area contributed by atoms with E-state index in [-0.39, 0.29) is 22.9 Å². The van der Waals surface area contributed by atoms with Gasteiger partial charge in [-0.1, -0.05) is 44.5 Å². The van der Waals surface area contributed by atoms with Gasteiger partial charge in [-0.25, -0.2) is 15.0 Å². The van der Waals surface area contributed by atoms with Crippen molar-refractivity contribution in [2.75, 3.05) is 0 Å². The van der Waals surface area contributed by atoms with Crippen molar-refractivity contribution in [3.05, 3.63) is 80.9 Å². The van der Waals surface area contributed by atoms with Crippen LogP contribution in [0.25, 0.3) is 16.9 Å². The van der Waals surface area contributed by atoms with Crippen LogP contribution in [0, 0.1) is 20.8 Å². The number of halogens is 1.